The molecule has 0 aromatic heterocycles. The van der Waals surface area contributed by atoms with Crippen LogP contribution in [0.25, 0.3) is 0 Å². The van der Waals surface area contributed by atoms with Gasteiger partial charge >= 0.3 is 17.9 Å². The minimum Gasteiger partial charge on any atom is -0.462 e. The van der Waals surface area contributed by atoms with Crippen molar-refractivity contribution in [1.82, 2.24) is 0 Å². The van der Waals surface area contributed by atoms with Gasteiger partial charge in [0.2, 0.25) is 0 Å². The van der Waals surface area contributed by atoms with Gasteiger partial charge in [-0.25, -0.2) is 0 Å². The molecule has 0 heterocycles. The second-order valence-corrected chi connectivity index (χ2v) is 18.5. The lowest BCUT2D eigenvalue weighted by molar-refractivity contribution is -0.167. The standard InChI is InChI=1S/C58H104O6/c1-4-7-10-13-15-17-19-21-23-24-25-26-27-28-29-30-31-32-33-34-35-37-38-40-42-45-48-51-57(60)63-54-55(53-62-56(59)50-47-44-12-9-6-3)64-58(61)52-49-46-43-41-39-36-22-20-18-16-14-11-8-5-2/h19-22,24-25,27-28,55H,4-18,23,26,29-54H2,1-3H3/b21-19-,22-20-,25-24-,28-27-. The van der Waals surface area contributed by atoms with Crippen molar-refractivity contribution < 1.29 is 28.6 Å². The first kappa shape index (κ1) is 61.4. The lowest BCUT2D eigenvalue weighted by Gasteiger charge is -2.18. The molecule has 64 heavy (non-hydrogen) atoms. The molecule has 0 aromatic rings. The molecule has 0 rings (SSSR count). The summed E-state index contributed by atoms with van der Waals surface area (Å²) in [4.78, 5) is 37.7. The molecule has 0 fully saturated rings. The third-order valence-electron chi connectivity index (χ3n) is 12.1. The molecule has 0 saturated carbocycles. The Bertz CT molecular complexity index is 1120. The molecule has 0 aliphatic carbocycles. The van der Waals surface area contributed by atoms with E-state index in [1.54, 1.807) is 0 Å². The minimum atomic E-state index is -0.772. The number of hydrogen-bond donors (Lipinski definition) is 0. The maximum Gasteiger partial charge on any atom is 0.306 e. The second kappa shape index (κ2) is 53.0. The fourth-order valence-corrected chi connectivity index (χ4v) is 7.86. The quantitative estimate of drug-likeness (QED) is 0.0262. The van der Waals surface area contributed by atoms with Gasteiger partial charge in [-0.3, -0.25) is 14.4 Å². The van der Waals surface area contributed by atoms with E-state index < -0.39 is 6.10 Å². The highest BCUT2D eigenvalue weighted by Crippen LogP contribution is 2.15. The van der Waals surface area contributed by atoms with Crippen molar-refractivity contribution >= 4 is 17.9 Å². The number of allylic oxidation sites excluding steroid dienone is 8. The fourth-order valence-electron chi connectivity index (χ4n) is 7.86. The van der Waals surface area contributed by atoms with Crippen LogP contribution in [0.3, 0.4) is 0 Å². The van der Waals surface area contributed by atoms with Crippen LogP contribution in [-0.2, 0) is 28.6 Å². The molecule has 0 saturated heterocycles. The summed E-state index contributed by atoms with van der Waals surface area (Å²) in [7, 11) is 0. The summed E-state index contributed by atoms with van der Waals surface area (Å²) >= 11 is 0. The van der Waals surface area contributed by atoms with Gasteiger partial charge in [-0.15, -0.1) is 0 Å². The highest BCUT2D eigenvalue weighted by atomic mass is 16.6. The van der Waals surface area contributed by atoms with E-state index in [4.69, 9.17) is 14.2 Å². The van der Waals surface area contributed by atoms with Gasteiger partial charge < -0.3 is 14.2 Å². The van der Waals surface area contributed by atoms with E-state index in [2.05, 4.69) is 69.4 Å². The van der Waals surface area contributed by atoms with Gasteiger partial charge in [0.1, 0.15) is 13.2 Å². The van der Waals surface area contributed by atoms with Gasteiger partial charge in [-0.2, -0.15) is 0 Å². The number of esters is 3. The van der Waals surface area contributed by atoms with Crippen molar-refractivity contribution in [1.29, 1.82) is 0 Å². The van der Waals surface area contributed by atoms with Crippen LogP contribution in [0.5, 0.6) is 0 Å². The van der Waals surface area contributed by atoms with E-state index in [1.165, 1.54) is 161 Å². The Hall–Kier alpha value is -2.63. The molecule has 372 valence electrons. The number of rotatable bonds is 50. The molecule has 0 N–H and O–H groups in total. The van der Waals surface area contributed by atoms with Crippen LogP contribution in [0.2, 0.25) is 0 Å². The van der Waals surface area contributed by atoms with Gasteiger partial charge in [-0.1, -0.05) is 230 Å². The average molecular weight is 897 g/mol. The summed E-state index contributed by atoms with van der Waals surface area (Å²) in [6.45, 7) is 6.54. The first-order chi connectivity index (χ1) is 31.5. The zero-order valence-corrected chi connectivity index (χ0v) is 42.6. The molecule has 6 heteroatoms. The first-order valence-electron chi connectivity index (χ1n) is 27.6. The molecular weight excluding hydrogens is 793 g/mol. The van der Waals surface area contributed by atoms with Crippen LogP contribution in [-0.4, -0.2) is 37.2 Å². The lowest BCUT2D eigenvalue weighted by atomic mass is 10.0. The zero-order valence-electron chi connectivity index (χ0n) is 42.6. The SMILES string of the molecule is CCCCCCC/C=C\C/C=C\C/C=C\CCCCCCCCCCCCCCC(=O)OCC(COC(=O)CCCCCCC)OC(=O)CCCCCCC/C=C\CCCCCCC. The highest BCUT2D eigenvalue weighted by Gasteiger charge is 2.19. The zero-order chi connectivity index (χ0) is 46.5. The maximum atomic E-state index is 12.7. The number of ether oxygens (including phenoxy) is 3. The molecule has 6 nitrogen and oxygen atoms in total. The number of carbonyl (C=O) groups excluding carboxylic acids is 3. The van der Waals surface area contributed by atoms with Crippen LogP contribution < -0.4 is 0 Å². The van der Waals surface area contributed by atoms with Crippen LogP contribution in [0.1, 0.15) is 284 Å². The number of unbranched alkanes of at least 4 members (excludes halogenated alkanes) is 31. The molecule has 1 atom stereocenters. The molecule has 1 unspecified atom stereocenters. The average Bonchev–Trinajstić information content (AvgIpc) is 3.29. The summed E-state index contributed by atoms with van der Waals surface area (Å²) in [5.41, 5.74) is 0. The first-order valence-corrected chi connectivity index (χ1v) is 27.6. The van der Waals surface area contributed by atoms with Crippen LogP contribution in [0.15, 0.2) is 48.6 Å². The molecule has 0 radical (unpaired) electrons. The van der Waals surface area contributed by atoms with E-state index in [0.717, 1.165) is 83.5 Å². The van der Waals surface area contributed by atoms with E-state index in [1.807, 2.05) is 0 Å². The summed E-state index contributed by atoms with van der Waals surface area (Å²) in [5.74, 6) is -0.893. The van der Waals surface area contributed by atoms with Crippen LogP contribution >= 0.6 is 0 Å². The number of carbonyl (C=O) groups is 3. The monoisotopic (exact) mass is 897 g/mol. The van der Waals surface area contributed by atoms with E-state index >= 15 is 0 Å². The van der Waals surface area contributed by atoms with Crippen molar-refractivity contribution in [3.05, 3.63) is 48.6 Å². The van der Waals surface area contributed by atoms with Gasteiger partial charge in [0, 0.05) is 19.3 Å². The Balaban J connectivity index is 4.04. The molecule has 0 amide bonds. The smallest absolute Gasteiger partial charge is 0.306 e. The third kappa shape index (κ3) is 50.4. The van der Waals surface area contributed by atoms with E-state index in [-0.39, 0.29) is 31.1 Å². The third-order valence-corrected chi connectivity index (χ3v) is 12.1. The van der Waals surface area contributed by atoms with E-state index in [9.17, 15) is 14.4 Å². The molecule has 0 aromatic carbocycles. The molecule has 0 spiro atoms. The predicted molar refractivity (Wildman–Crippen MR) is 275 cm³/mol. The Kier molecular flexibility index (Phi) is 50.8. The van der Waals surface area contributed by atoms with Gasteiger partial charge in [0.05, 0.1) is 0 Å². The largest absolute Gasteiger partial charge is 0.462 e. The van der Waals surface area contributed by atoms with Crippen molar-refractivity contribution in [2.75, 3.05) is 13.2 Å². The fraction of sp³-hybridized carbons (Fsp3) is 0.810. The van der Waals surface area contributed by atoms with E-state index in [0.29, 0.717) is 19.3 Å². The molecule has 0 aliphatic heterocycles. The number of hydrogen-bond acceptors (Lipinski definition) is 6. The summed E-state index contributed by atoms with van der Waals surface area (Å²) < 4.78 is 16.7. The van der Waals surface area contributed by atoms with Gasteiger partial charge in [-0.05, 0) is 83.5 Å². The Labute approximate surface area is 397 Å². The van der Waals surface area contributed by atoms with Crippen molar-refractivity contribution in [3.63, 3.8) is 0 Å². The van der Waals surface area contributed by atoms with Crippen molar-refractivity contribution in [2.45, 2.75) is 290 Å². The predicted octanol–water partition coefficient (Wildman–Crippen LogP) is 18.3. The Morgan fingerprint density at radius 3 is 0.891 bits per heavy atom. The van der Waals surface area contributed by atoms with Crippen molar-refractivity contribution in [2.24, 2.45) is 0 Å². The Morgan fingerprint density at radius 1 is 0.312 bits per heavy atom. The second-order valence-electron chi connectivity index (χ2n) is 18.5. The Morgan fingerprint density at radius 2 is 0.562 bits per heavy atom. The summed E-state index contributed by atoms with van der Waals surface area (Å²) in [6.07, 6.45) is 64.3. The molecule has 0 aliphatic rings. The lowest BCUT2D eigenvalue weighted by Crippen LogP contribution is -2.30. The molecular formula is C58H104O6. The van der Waals surface area contributed by atoms with Gasteiger partial charge in [0.15, 0.2) is 6.10 Å². The normalized spacial score (nSPS) is 12.4. The highest BCUT2D eigenvalue weighted by molar-refractivity contribution is 5.71. The summed E-state index contributed by atoms with van der Waals surface area (Å²) in [6, 6.07) is 0. The topological polar surface area (TPSA) is 78.9 Å². The maximum absolute atomic E-state index is 12.7. The van der Waals surface area contributed by atoms with Crippen LogP contribution in [0.4, 0.5) is 0 Å². The van der Waals surface area contributed by atoms with Crippen molar-refractivity contribution in [3.8, 4) is 0 Å². The molecule has 0 bridgehead atoms. The summed E-state index contributed by atoms with van der Waals surface area (Å²) in [5, 5.41) is 0. The van der Waals surface area contributed by atoms with Gasteiger partial charge in [0.25, 0.3) is 0 Å². The minimum absolute atomic E-state index is 0.0761. The van der Waals surface area contributed by atoms with Crippen LogP contribution in [0, 0.1) is 0 Å².